The first-order valence-electron chi connectivity index (χ1n) is 5.14. The van der Waals surface area contributed by atoms with E-state index in [-0.39, 0.29) is 12.4 Å². The van der Waals surface area contributed by atoms with Gasteiger partial charge in [0.25, 0.3) is 0 Å². The van der Waals surface area contributed by atoms with Crippen LogP contribution in [0.5, 0.6) is 0 Å². The van der Waals surface area contributed by atoms with Gasteiger partial charge in [0, 0.05) is 18.0 Å². The average molecular weight is 260 g/mol. The van der Waals surface area contributed by atoms with Crippen LogP contribution in [0.1, 0.15) is 32.8 Å². The minimum Gasteiger partial charge on any atom is -0.389 e. The monoisotopic (exact) mass is 259 g/mol. The Balaban J connectivity index is 0.00000256. The molecule has 0 aliphatic heterocycles. The highest BCUT2D eigenvalue weighted by Gasteiger charge is 2.49. The summed E-state index contributed by atoms with van der Waals surface area (Å²) in [4.78, 5) is 19.4. The molecule has 0 spiro atoms. The molecule has 5 nitrogen and oxygen atoms in total. The van der Waals surface area contributed by atoms with Crippen LogP contribution in [-0.4, -0.2) is 26.6 Å². The van der Waals surface area contributed by atoms with Crippen LogP contribution in [0.15, 0.2) is 18.7 Å². The van der Waals surface area contributed by atoms with Crippen molar-refractivity contribution in [3.63, 3.8) is 0 Å². The standard InChI is InChI=1S/C11H17N3O2.ClH/c1-4-11(9(12)15,10(2,3)16)8-5-13-7-14-6-8;/h5-7,16H,4H2,1-3H3,(H2,12,15);1H. The largest absolute Gasteiger partial charge is 0.389 e. The third-order valence-corrected chi connectivity index (χ3v) is 3.05. The molecule has 0 bridgehead atoms. The second-order valence-corrected chi connectivity index (χ2v) is 4.31. The highest BCUT2D eigenvalue weighted by molar-refractivity contribution is 5.88. The van der Waals surface area contributed by atoms with E-state index in [1.54, 1.807) is 20.8 Å². The molecule has 1 rings (SSSR count). The van der Waals surface area contributed by atoms with Gasteiger partial charge >= 0.3 is 0 Å². The molecular formula is C11H18ClN3O2. The Labute approximate surface area is 107 Å². The molecule has 1 aromatic rings. The maximum atomic E-state index is 11.7. The van der Waals surface area contributed by atoms with Gasteiger partial charge in [-0.3, -0.25) is 4.79 Å². The maximum Gasteiger partial charge on any atom is 0.231 e. The third-order valence-electron chi connectivity index (χ3n) is 3.05. The van der Waals surface area contributed by atoms with E-state index in [0.29, 0.717) is 12.0 Å². The van der Waals surface area contributed by atoms with Gasteiger partial charge in [0.15, 0.2) is 0 Å². The Hall–Kier alpha value is -1.20. The van der Waals surface area contributed by atoms with Gasteiger partial charge in [-0.25, -0.2) is 9.97 Å². The highest BCUT2D eigenvalue weighted by atomic mass is 35.5. The van der Waals surface area contributed by atoms with Gasteiger partial charge in [-0.1, -0.05) is 6.92 Å². The molecule has 1 amide bonds. The first-order chi connectivity index (χ1) is 7.36. The lowest BCUT2D eigenvalue weighted by Gasteiger charge is -2.40. The minimum absolute atomic E-state index is 0. The molecule has 0 saturated carbocycles. The highest BCUT2D eigenvalue weighted by Crippen LogP contribution is 2.37. The van der Waals surface area contributed by atoms with Gasteiger partial charge in [0.1, 0.15) is 11.7 Å². The zero-order chi connectivity index (χ0) is 12.4. The molecule has 0 radical (unpaired) electrons. The van der Waals surface area contributed by atoms with Gasteiger partial charge in [-0.2, -0.15) is 0 Å². The zero-order valence-corrected chi connectivity index (χ0v) is 11.0. The summed E-state index contributed by atoms with van der Waals surface area (Å²) in [5.41, 5.74) is 3.56. The van der Waals surface area contributed by atoms with Crippen molar-refractivity contribution >= 4 is 18.3 Å². The summed E-state index contributed by atoms with van der Waals surface area (Å²) >= 11 is 0. The van der Waals surface area contributed by atoms with Crippen LogP contribution in [0.25, 0.3) is 0 Å². The van der Waals surface area contributed by atoms with E-state index in [9.17, 15) is 9.90 Å². The van der Waals surface area contributed by atoms with Crippen molar-refractivity contribution in [2.75, 3.05) is 0 Å². The summed E-state index contributed by atoms with van der Waals surface area (Å²) in [5.74, 6) is -0.572. The number of nitrogens with zero attached hydrogens (tertiary/aromatic N) is 2. The second-order valence-electron chi connectivity index (χ2n) is 4.31. The fraction of sp³-hybridized carbons (Fsp3) is 0.545. The molecule has 1 atom stereocenters. The normalized spacial score (nSPS) is 14.6. The van der Waals surface area contributed by atoms with Crippen LogP contribution in [-0.2, 0) is 10.2 Å². The fourth-order valence-electron chi connectivity index (χ4n) is 2.13. The summed E-state index contributed by atoms with van der Waals surface area (Å²) in [6.45, 7) is 4.93. The number of aromatic nitrogens is 2. The van der Waals surface area contributed by atoms with E-state index in [2.05, 4.69) is 9.97 Å². The third kappa shape index (κ3) is 2.56. The molecule has 3 N–H and O–H groups in total. The quantitative estimate of drug-likeness (QED) is 0.837. The van der Waals surface area contributed by atoms with E-state index >= 15 is 0 Å². The van der Waals surface area contributed by atoms with E-state index in [1.807, 2.05) is 0 Å². The minimum atomic E-state index is -1.27. The van der Waals surface area contributed by atoms with Crippen LogP contribution >= 0.6 is 12.4 Å². The molecule has 1 unspecified atom stereocenters. The van der Waals surface area contributed by atoms with Gasteiger partial charge in [0.05, 0.1) is 5.60 Å². The summed E-state index contributed by atoms with van der Waals surface area (Å²) in [5, 5.41) is 10.2. The van der Waals surface area contributed by atoms with Crippen LogP contribution in [0.4, 0.5) is 0 Å². The predicted octanol–water partition coefficient (Wildman–Crippen LogP) is 0.802. The van der Waals surface area contributed by atoms with E-state index in [0.717, 1.165) is 0 Å². The molecule has 96 valence electrons. The number of aliphatic hydroxyl groups is 1. The predicted molar refractivity (Wildman–Crippen MR) is 66.7 cm³/mol. The van der Waals surface area contributed by atoms with Crippen LogP contribution < -0.4 is 5.73 Å². The molecule has 1 heterocycles. The number of nitrogens with two attached hydrogens (primary N) is 1. The molecule has 0 aromatic carbocycles. The Kier molecular flexibility index (Phi) is 5.04. The Morgan fingerprint density at radius 1 is 1.41 bits per heavy atom. The summed E-state index contributed by atoms with van der Waals surface area (Å²) in [7, 11) is 0. The molecule has 0 aliphatic rings. The number of hydrogen-bond acceptors (Lipinski definition) is 4. The lowest BCUT2D eigenvalue weighted by atomic mass is 9.67. The van der Waals surface area contributed by atoms with E-state index in [4.69, 9.17) is 5.73 Å². The Morgan fingerprint density at radius 3 is 2.18 bits per heavy atom. The summed E-state index contributed by atoms with van der Waals surface area (Å²) in [6, 6.07) is 0. The SMILES string of the molecule is CCC(C(N)=O)(c1cncnc1)C(C)(C)O.Cl. The number of primary amides is 1. The first kappa shape index (κ1) is 15.8. The van der Waals surface area contributed by atoms with Crippen molar-refractivity contribution in [2.24, 2.45) is 5.73 Å². The smallest absolute Gasteiger partial charge is 0.231 e. The van der Waals surface area contributed by atoms with Gasteiger partial charge in [-0.15, -0.1) is 12.4 Å². The number of amides is 1. The second kappa shape index (κ2) is 5.42. The van der Waals surface area contributed by atoms with Crippen molar-refractivity contribution in [1.82, 2.24) is 9.97 Å². The number of carbonyl (C=O) groups excluding carboxylic acids is 1. The Bertz CT molecular complexity index is 378. The number of carbonyl (C=O) groups is 1. The van der Waals surface area contributed by atoms with Crippen molar-refractivity contribution in [2.45, 2.75) is 38.2 Å². The molecule has 0 fully saturated rings. The van der Waals surface area contributed by atoms with E-state index in [1.165, 1.54) is 18.7 Å². The fourth-order valence-corrected chi connectivity index (χ4v) is 2.13. The van der Waals surface area contributed by atoms with Crippen molar-refractivity contribution in [3.8, 4) is 0 Å². The molecule has 0 aliphatic carbocycles. The molecular weight excluding hydrogens is 242 g/mol. The van der Waals surface area contributed by atoms with Crippen LogP contribution in [0.3, 0.4) is 0 Å². The summed E-state index contributed by atoms with van der Waals surface area (Å²) in [6.07, 6.45) is 4.78. The number of rotatable bonds is 4. The molecule has 0 saturated heterocycles. The lowest BCUT2D eigenvalue weighted by Crippen LogP contribution is -2.55. The van der Waals surface area contributed by atoms with Crippen molar-refractivity contribution in [3.05, 3.63) is 24.3 Å². The number of halogens is 1. The lowest BCUT2D eigenvalue weighted by molar-refractivity contribution is -0.133. The Morgan fingerprint density at radius 2 is 1.88 bits per heavy atom. The molecule has 17 heavy (non-hydrogen) atoms. The zero-order valence-electron chi connectivity index (χ0n) is 10.2. The van der Waals surface area contributed by atoms with Crippen LogP contribution in [0, 0.1) is 0 Å². The number of hydrogen-bond donors (Lipinski definition) is 2. The molecule has 6 heteroatoms. The topological polar surface area (TPSA) is 89.1 Å². The van der Waals surface area contributed by atoms with E-state index < -0.39 is 16.9 Å². The first-order valence-corrected chi connectivity index (χ1v) is 5.14. The van der Waals surface area contributed by atoms with Gasteiger partial charge in [-0.05, 0) is 20.3 Å². The van der Waals surface area contributed by atoms with Gasteiger partial charge in [0.2, 0.25) is 5.91 Å². The maximum absolute atomic E-state index is 11.7. The molecule has 1 aromatic heterocycles. The van der Waals surface area contributed by atoms with Gasteiger partial charge < -0.3 is 10.8 Å². The van der Waals surface area contributed by atoms with Crippen molar-refractivity contribution < 1.29 is 9.90 Å². The van der Waals surface area contributed by atoms with Crippen molar-refractivity contribution in [1.29, 1.82) is 0 Å². The van der Waals surface area contributed by atoms with Crippen LogP contribution in [0.2, 0.25) is 0 Å². The summed E-state index contributed by atoms with van der Waals surface area (Å²) < 4.78 is 0. The average Bonchev–Trinajstić information content (AvgIpc) is 2.18.